The Bertz CT molecular complexity index is 320. The second-order valence-electron chi connectivity index (χ2n) is 4.11. The zero-order chi connectivity index (χ0) is 11.2. The molecule has 1 saturated heterocycles. The monoisotopic (exact) mass is 214 g/mol. The standard InChI is InChI=1S/C10H14O5/c1-10(2)14-8-5(11)4-6(13-3)7(12)9(8)15-10/h4-5,8-9,11H,1-3H3/t5-,8+,9-/m1/s1. The van der Waals surface area contributed by atoms with Gasteiger partial charge in [-0.25, -0.2) is 0 Å². The van der Waals surface area contributed by atoms with Gasteiger partial charge in [0.05, 0.1) is 7.11 Å². The van der Waals surface area contributed by atoms with Crippen molar-refractivity contribution in [2.45, 2.75) is 37.9 Å². The predicted molar refractivity (Wildman–Crippen MR) is 49.9 cm³/mol. The summed E-state index contributed by atoms with van der Waals surface area (Å²) < 4.78 is 15.7. The molecular formula is C10H14O5. The van der Waals surface area contributed by atoms with Crippen LogP contribution in [0.1, 0.15) is 13.8 Å². The molecule has 1 aliphatic heterocycles. The molecule has 2 rings (SSSR count). The van der Waals surface area contributed by atoms with Crippen molar-refractivity contribution in [1.29, 1.82) is 0 Å². The van der Waals surface area contributed by atoms with Gasteiger partial charge in [-0.3, -0.25) is 4.79 Å². The van der Waals surface area contributed by atoms with Crippen LogP contribution in [0.25, 0.3) is 0 Å². The summed E-state index contributed by atoms with van der Waals surface area (Å²) in [7, 11) is 1.39. The molecule has 1 fully saturated rings. The Morgan fingerprint density at radius 1 is 1.47 bits per heavy atom. The Labute approximate surface area is 87.6 Å². The second kappa shape index (κ2) is 3.30. The van der Waals surface area contributed by atoms with Crippen LogP contribution in [0.3, 0.4) is 0 Å². The zero-order valence-electron chi connectivity index (χ0n) is 8.89. The molecule has 2 aliphatic rings. The van der Waals surface area contributed by atoms with Crippen LogP contribution in [0, 0.1) is 0 Å². The molecule has 5 heteroatoms. The van der Waals surface area contributed by atoms with Crippen LogP contribution in [0.2, 0.25) is 0 Å². The maximum absolute atomic E-state index is 11.8. The molecule has 3 atom stereocenters. The summed E-state index contributed by atoms with van der Waals surface area (Å²) >= 11 is 0. The van der Waals surface area contributed by atoms with Gasteiger partial charge in [-0.05, 0) is 19.9 Å². The maximum Gasteiger partial charge on any atom is 0.228 e. The van der Waals surface area contributed by atoms with Crippen molar-refractivity contribution in [3.05, 3.63) is 11.8 Å². The smallest absolute Gasteiger partial charge is 0.228 e. The minimum Gasteiger partial charge on any atom is -0.493 e. The first-order chi connectivity index (χ1) is 6.94. The average molecular weight is 214 g/mol. The van der Waals surface area contributed by atoms with E-state index >= 15 is 0 Å². The Balaban J connectivity index is 2.29. The number of rotatable bonds is 1. The number of ether oxygens (including phenoxy) is 3. The first kappa shape index (κ1) is 10.6. The van der Waals surface area contributed by atoms with E-state index < -0.39 is 24.1 Å². The van der Waals surface area contributed by atoms with Crippen LogP contribution in [-0.2, 0) is 19.0 Å². The highest BCUT2D eigenvalue weighted by Gasteiger charge is 2.51. The van der Waals surface area contributed by atoms with Crippen molar-refractivity contribution >= 4 is 5.78 Å². The summed E-state index contributed by atoms with van der Waals surface area (Å²) in [6, 6.07) is 0. The van der Waals surface area contributed by atoms with E-state index in [1.54, 1.807) is 13.8 Å². The number of hydrogen-bond acceptors (Lipinski definition) is 5. The molecule has 0 aromatic carbocycles. The van der Waals surface area contributed by atoms with Gasteiger partial charge in [0.25, 0.3) is 0 Å². The highest BCUT2D eigenvalue weighted by Crippen LogP contribution is 2.34. The van der Waals surface area contributed by atoms with Crippen LogP contribution in [-0.4, -0.2) is 42.1 Å². The van der Waals surface area contributed by atoms with E-state index in [9.17, 15) is 9.90 Å². The summed E-state index contributed by atoms with van der Waals surface area (Å²) in [6.45, 7) is 3.41. The SMILES string of the molecule is COC1=C[C@@H](O)[C@@H]2OC(C)(C)O[C@@H]2C1=O. The number of hydrogen-bond donors (Lipinski definition) is 1. The van der Waals surface area contributed by atoms with E-state index in [0.29, 0.717) is 0 Å². The van der Waals surface area contributed by atoms with Crippen molar-refractivity contribution < 1.29 is 24.1 Å². The molecule has 1 aliphatic carbocycles. The molecule has 1 heterocycles. The summed E-state index contributed by atoms with van der Waals surface area (Å²) in [4.78, 5) is 11.8. The van der Waals surface area contributed by atoms with Crippen LogP contribution in [0.15, 0.2) is 11.8 Å². The van der Waals surface area contributed by atoms with Gasteiger partial charge >= 0.3 is 0 Å². The number of methoxy groups -OCH3 is 1. The molecule has 84 valence electrons. The van der Waals surface area contributed by atoms with Gasteiger partial charge in [0.15, 0.2) is 17.7 Å². The molecule has 0 bridgehead atoms. The molecule has 0 aromatic heterocycles. The molecule has 5 nitrogen and oxygen atoms in total. The highest BCUT2D eigenvalue weighted by molar-refractivity contribution is 5.98. The van der Waals surface area contributed by atoms with E-state index in [1.165, 1.54) is 13.2 Å². The number of aliphatic hydroxyl groups is 1. The summed E-state index contributed by atoms with van der Waals surface area (Å²) in [5, 5.41) is 9.72. The van der Waals surface area contributed by atoms with E-state index in [4.69, 9.17) is 14.2 Å². The third-order valence-electron chi connectivity index (χ3n) is 2.51. The van der Waals surface area contributed by atoms with Gasteiger partial charge in [0.1, 0.15) is 12.2 Å². The molecular weight excluding hydrogens is 200 g/mol. The first-order valence-corrected chi connectivity index (χ1v) is 4.78. The predicted octanol–water partition coefficient (Wildman–Crippen LogP) is -0.0196. The van der Waals surface area contributed by atoms with Gasteiger partial charge < -0.3 is 19.3 Å². The van der Waals surface area contributed by atoms with E-state index in [0.717, 1.165) is 0 Å². The van der Waals surface area contributed by atoms with Crippen molar-refractivity contribution in [3.8, 4) is 0 Å². The summed E-state index contributed by atoms with van der Waals surface area (Å²) in [6.07, 6.45) is -0.917. The van der Waals surface area contributed by atoms with Crippen LogP contribution in [0.4, 0.5) is 0 Å². The lowest BCUT2D eigenvalue weighted by Gasteiger charge is -2.24. The van der Waals surface area contributed by atoms with E-state index in [-0.39, 0.29) is 11.5 Å². The number of aliphatic hydroxyl groups excluding tert-OH is 1. The van der Waals surface area contributed by atoms with E-state index in [2.05, 4.69) is 0 Å². The topological polar surface area (TPSA) is 65.0 Å². The third kappa shape index (κ3) is 1.67. The van der Waals surface area contributed by atoms with Crippen LogP contribution >= 0.6 is 0 Å². The molecule has 0 saturated carbocycles. The fourth-order valence-electron chi connectivity index (χ4n) is 1.88. The Morgan fingerprint density at radius 2 is 2.13 bits per heavy atom. The molecule has 0 amide bonds. The quantitative estimate of drug-likeness (QED) is 0.664. The lowest BCUT2D eigenvalue weighted by atomic mass is 9.96. The number of ketones is 1. The average Bonchev–Trinajstić information content (AvgIpc) is 2.48. The Hall–Kier alpha value is -0.910. The van der Waals surface area contributed by atoms with Crippen molar-refractivity contribution in [3.63, 3.8) is 0 Å². The minimum absolute atomic E-state index is 0.130. The molecule has 15 heavy (non-hydrogen) atoms. The Kier molecular flexibility index (Phi) is 2.33. The fraction of sp³-hybridized carbons (Fsp3) is 0.700. The largest absolute Gasteiger partial charge is 0.493 e. The fourth-order valence-corrected chi connectivity index (χ4v) is 1.88. The van der Waals surface area contributed by atoms with Crippen molar-refractivity contribution in [1.82, 2.24) is 0 Å². The lowest BCUT2D eigenvalue weighted by molar-refractivity contribution is -0.156. The van der Waals surface area contributed by atoms with Gasteiger partial charge in [0, 0.05) is 0 Å². The number of carbonyl (C=O) groups is 1. The van der Waals surface area contributed by atoms with Gasteiger partial charge in [0.2, 0.25) is 5.78 Å². The number of fused-ring (bicyclic) bond motifs is 1. The van der Waals surface area contributed by atoms with Crippen LogP contribution < -0.4 is 0 Å². The lowest BCUT2D eigenvalue weighted by Crippen LogP contribution is -2.44. The van der Waals surface area contributed by atoms with Crippen molar-refractivity contribution in [2.75, 3.05) is 7.11 Å². The van der Waals surface area contributed by atoms with E-state index in [1.807, 2.05) is 0 Å². The molecule has 0 spiro atoms. The van der Waals surface area contributed by atoms with Crippen LogP contribution in [0.5, 0.6) is 0 Å². The first-order valence-electron chi connectivity index (χ1n) is 4.78. The molecule has 0 radical (unpaired) electrons. The van der Waals surface area contributed by atoms with Gasteiger partial charge in [-0.1, -0.05) is 0 Å². The minimum atomic E-state index is -0.871. The summed E-state index contributed by atoms with van der Waals surface area (Å²) in [5.74, 6) is -0.994. The molecule has 0 aromatic rings. The normalized spacial score (nSPS) is 38.5. The van der Waals surface area contributed by atoms with Gasteiger partial charge in [-0.15, -0.1) is 0 Å². The molecule has 0 unspecified atom stereocenters. The maximum atomic E-state index is 11.8. The number of Topliss-reactive ketones (excluding diaryl/α,β-unsaturated/α-hetero) is 1. The van der Waals surface area contributed by atoms with Gasteiger partial charge in [-0.2, -0.15) is 0 Å². The third-order valence-corrected chi connectivity index (χ3v) is 2.51. The number of carbonyl (C=O) groups excluding carboxylic acids is 1. The highest BCUT2D eigenvalue weighted by atomic mass is 16.8. The zero-order valence-corrected chi connectivity index (χ0v) is 8.89. The second-order valence-corrected chi connectivity index (χ2v) is 4.11. The molecule has 1 N–H and O–H groups in total. The Morgan fingerprint density at radius 3 is 2.73 bits per heavy atom. The van der Waals surface area contributed by atoms with Crippen molar-refractivity contribution in [2.24, 2.45) is 0 Å². The summed E-state index contributed by atoms with van der Waals surface area (Å²) in [5.41, 5.74) is 0.